The van der Waals surface area contributed by atoms with E-state index in [9.17, 15) is 0 Å². The molecule has 2 N–H and O–H groups in total. The lowest BCUT2D eigenvalue weighted by atomic mass is 9.73. The third-order valence-electron chi connectivity index (χ3n) is 8.62. The smallest absolute Gasteiger partial charge is 0.156 e. The molecule has 4 aliphatic heterocycles. The highest BCUT2D eigenvalue weighted by atomic mass is 16.5. The molecule has 192 valence electrons. The van der Waals surface area contributed by atoms with Crippen LogP contribution in [0, 0.1) is 5.41 Å². The fraction of sp³-hybridized carbons (Fsp3) is 0.519. The molecule has 10 heteroatoms. The number of fused-ring (bicyclic) bond motifs is 2. The van der Waals surface area contributed by atoms with Crippen molar-refractivity contribution in [2.75, 3.05) is 36.0 Å². The van der Waals surface area contributed by atoms with Gasteiger partial charge >= 0.3 is 0 Å². The van der Waals surface area contributed by atoms with Gasteiger partial charge < -0.3 is 20.3 Å². The average Bonchev–Trinajstić information content (AvgIpc) is 3.63. The van der Waals surface area contributed by atoms with Crippen LogP contribution < -0.4 is 15.5 Å². The Bertz CT molecular complexity index is 1370. The van der Waals surface area contributed by atoms with Gasteiger partial charge in [0.05, 0.1) is 48.2 Å². The topological polar surface area (TPSA) is 111 Å². The summed E-state index contributed by atoms with van der Waals surface area (Å²) in [7, 11) is 1.92. The maximum absolute atomic E-state index is 6.50. The first-order valence-corrected chi connectivity index (χ1v) is 13.3. The van der Waals surface area contributed by atoms with E-state index in [-0.39, 0.29) is 17.6 Å². The van der Waals surface area contributed by atoms with Gasteiger partial charge in [0.15, 0.2) is 5.84 Å². The van der Waals surface area contributed by atoms with E-state index >= 15 is 0 Å². The Morgan fingerprint density at radius 3 is 2.68 bits per heavy atom. The number of piperidine rings is 1. The van der Waals surface area contributed by atoms with E-state index in [1.165, 1.54) is 0 Å². The Hall–Kier alpha value is -3.37. The zero-order chi connectivity index (χ0) is 25.1. The number of anilines is 2. The van der Waals surface area contributed by atoms with Crippen molar-refractivity contribution in [2.45, 2.75) is 51.3 Å². The standard InChI is InChI=1S/C27H33N9O/c1-17-25(28)27(16-37-17)8-12-35(13-9-27)23-15-29-24-21(32-23)14-30-26(24)36-10-3-4-20-22(36)6-5-18(31-20)19-7-11-34(2)33-19/h5-7,11,15,17,25H,3-4,8-10,12-14,16,28H2,1-2H3/t17-,25+/m0/s1. The van der Waals surface area contributed by atoms with Gasteiger partial charge in [-0.1, -0.05) is 0 Å². The van der Waals surface area contributed by atoms with E-state index in [0.717, 1.165) is 97.7 Å². The van der Waals surface area contributed by atoms with Gasteiger partial charge in [-0.3, -0.25) is 9.67 Å². The molecule has 4 aliphatic rings. The Morgan fingerprint density at radius 1 is 1.05 bits per heavy atom. The predicted octanol–water partition coefficient (Wildman–Crippen LogP) is 2.32. The number of hydrogen-bond donors (Lipinski definition) is 1. The zero-order valence-corrected chi connectivity index (χ0v) is 21.5. The predicted molar refractivity (Wildman–Crippen MR) is 142 cm³/mol. The van der Waals surface area contributed by atoms with Crippen LogP contribution in [0.3, 0.4) is 0 Å². The second-order valence-electron chi connectivity index (χ2n) is 10.8. The molecule has 37 heavy (non-hydrogen) atoms. The van der Waals surface area contributed by atoms with Gasteiger partial charge in [-0.05, 0) is 50.8 Å². The first-order valence-electron chi connectivity index (χ1n) is 13.3. The molecule has 0 bridgehead atoms. The van der Waals surface area contributed by atoms with E-state index in [1.807, 2.05) is 25.5 Å². The van der Waals surface area contributed by atoms with Crippen molar-refractivity contribution < 1.29 is 4.74 Å². The van der Waals surface area contributed by atoms with E-state index in [0.29, 0.717) is 6.54 Å². The second kappa shape index (κ2) is 8.59. The molecule has 0 amide bonds. The summed E-state index contributed by atoms with van der Waals surface area (Å²) in [5.74, 6) is 1.84. The van der Waals surface area contributed by atoms with Crippen molar-refractivity contribution in [3.8, 4) is 11.4 Å². The molecule has 1 spiro atoms. The van der Waals surface area contributed by atoms with Crippen molar-refractivity contribution in [3.63, 3.8) is 0 Å². The molecular weight excluding hydrogens is 466 g/mol. The van der Waals surface area contributed by atoms with Crippen molar-refractivity contribution in [1.82, 2.24) is 24.7 Å². The normalized spacial score (nSPS) is 24.4. The molecule has 0 radical (unpaired) electrons. The van der Waals surface area contributed by atoms with Crippen LogP contribution in [0.5, 0.6) is 0 Å². The first-order chi connectivity index (χ1) is 18.0. The van der Waals surface area contributed by atoms with Gasteiger partial charge in [0, 0.05) is 44.3 Å². The maximum Gasteiger partial charge on any atom is 0.156 e. The number of nitrogens with two attached hydrogens (primary N) is 1. The summed E-state index contributed by atoms with van der Waals surface area (Å²) in [5.41, 5.74) is 12.4. The highest BCUT2D eigenvalue weighted by Gasteiger charge is 2.47. The monoisotopic (exact) mass is 499 g/mol. The summed E-state index contributed by atoms with van der Waals surface area (Å²) < 4.78 is 7.69. The van der Waals surface area contributed by atoms with Crippen LogP contribution in [0.1, 0.15) is 43.3 Å². The number of hydrogen-bond acceptors (Lipinski definition) is 9. The quantitative estimate of drug-likeness (QED) is 0.572. The highest BCUT2D eigenvalue weighted by Crippen LogP contribution is 2.42. The minimum absolute atomic E-state index is 0.0997. The van der Waals surface area contributed by atoms with Gasteiger partial charge in [-0.15, -0.1) is 0 Å². The molecular formula is C27H33N9O. The maximum atomic E-state index is 6.50. The summed E-state index contributed by atoms with van der Waals surface area (Å²) in [6.07, 6.45) is 8.01. The minimum Gasteiger partial charge on any atom is -0.376 e. The largest absolute Gasteiger partial charge is 0.376 e. The van der Waals surface area contributed by atoms with Gasteiger partial charge in [-0.25, -0.2) is 15.0 Å². The van der Waals surface area contributed by atoms with Crippen LogP contribution >= 0.6 is 0 Å². The van der Waals surface area contributed by atoms with Crippen LogP contribution in [0.25, 0.3) is 11.4 Å². The fourth-order valence-corrected chi connectivity index (χ4v) is 6.32. The lowest BCUT2D eigenvalue weighted by Crippen LogP contribution is -2.50. The van der Waals surface area contributed by atoms with Gasteiger partial charge in [-0.2, -0.15) is 5.10 Å². The number of ether oxygens (including phenoxy) is 1. The van der Waals surface area contributed by atoms with Crippen molar-refractivity contribution >= 4 is 17.3 Å². The fourth-order valence-electron chi connectivity index (χ4n) is 6.32. The average molecular weight is 500 g/mol. The Labute approximate surface area is 216 Å². The van der Waals surface area contributed by atoms with Crippen LogP contribution in [0.15, 0.2) is 35.6 Å². The molecule has 7 rings (SSSR count). The van der Waals surface area contributed by atoms with E-state index in [2.05, 4.69) is 34.0 Å². The number of pyridine rings is 1. The Balaban J connectivity index is 1.10. The van der Waals surface area contributed by atoms with Crippen molar-refractivity contribution in [1.29, 1.82) is 0 Å². The SMILES string of the molecule is C[C@@H]1OCC2(CCN(c3cnc4c(n3)CN=C4N3CCCc4nc(-c5ccn(C)n5)ccc43)CC2)[C@@H]1N. The van der Waals surface area contributed by atoms with Crippen LogP contribution in [0.2, 0.25) is 0 Å². The van der Waals surface area contributed by atoms with Crippen LogP contribution in [-0.2, 0) is 24.8 Å². The van der Waals surface area contributed by atoms with Gasteiger partial charge in [0.2, 0.25) is 0 Å². The molecule has 0 aromatic carbocycles. The second-order valence-corrected chi connectivity index (χ2v) is 10.8. The summed E-state index contributed by atoms with van der Waals surface area (Å²) in [4.78, 5) is 24.4. The van der Waals surface area contributed by atoms with Gasteiger partial charge in [0.1, 0.15) is 17.2 Å². The molecule has 3 aromatic heterocycles. The molecule has 2 fully saturated rings. The summed E-state index contributed by atoms with van der Waals surface area (Å²) in [6, 6.07) is 6.31. The number of aliphatic imine (C=N–C) groups is 1. The van der Waals surface area contributed by atoms with Crippen LogP contribution in [0.4, 0.5) is 11.5 Å². The molecule has 3 aromatic rings. The summed E-state index contributed by atoms with van der Waals surface area (Å²) in [5, 5.41) is 4.51. The molecule has 7 heterocycles. The molecule has 2 atom stereocenters. The third-order valence-corrected chi connectivity index (χ3v) is 8.62. The lowest BCUT2D eigenvalue weighted by molar-refractivity contribution is 0.0974. The van der Waals surface area contributed by atoms with E-state index in [4.69, 9.17) is 30.4 Å². The first kappa shape index (κ1) is 22.8. The lowest BCUT2D eigenvalue weighted by Gasteiger charge is -2.41. The highest BCUT2D eigenvalue weighted by molar-refractivity contribution is 6.11. The molecule has 0 aliphatic carbocycles. The van der Waals surface area contributed by atoms with E-state index < -0.39 is 0 Å². The Kier molecular flexibility index (Phi) is 5.30. The number of amidine groups is 1. The van der Waals surface area contributed by atoms with Crippen molar-refractivity contribution in [2.24, 2.45) is 23.2 Å². The third kappa shape index (κ3) is 3.73. The molecule has 0 saturated carbocycles. The minimum atomic E-state index is 0.0997. The zero-order valence-electron chi connectivity index (χ0n) is 21.5. The van der Waals surface area contributed by atoms with Gasteiger partial charge in [0.25, 0.3) is 0 Å². The van der Waals surface area contributed by atoms with Crippen molar-refractivity contribution in [3.05, 3.63) is 47.7 Å². The number of aryl methyl sites for hydroxylation is 2. The van der Waals surface area contributed by atoms with E-state index in [1.54, 1.807) is 4.68 Å². The Morgan fingerprint density at radius 2 is 1.92 bits per heavy atom. The van der Waals surface area contributed by atoms with Crippen LogP contribution in [-0.4, -0.2) is 69.0 Å². The number of rotatable bonds is 2. The summed E-state index contributed by atoms with van der Waals surface area (Å²) >= 11 is 0. The number of aromatic nitrogens is 5. The molecule has 2 saturated heterocycles. The summed E-state index contributed by atoms with van der Waals surface area (Å²) in [6.45, 7) is 6.17. The molecule has 0 unspecified atom stereocenters. The number of nitrogens with zero attached hydrogens (tertiary/aromatic N) is 8. The molecule has 10 nitrogen and oxygen atoms in total.